The maximum atomic E-state index is 13.1. The summed E-state index contributed by atoms with van der Waals surface area (Å²) in [4.78, 5) is 30.1. The highest BCUT2D eigenvalue weighted by molar-refractivity contribution is 6.30. The number of rotatable bonds is 3. The van der Waals surface area contributed by atoms with Gasteiger partial charge in [-0.1, -0.05) is 23.7 Å². The molecule has 0 saturated heterocycles. The van der Waals surface area contributed by atoms with Gasteiger partial charge in [-0.15, -0.1) is 0 Å². The number of carbonyl (C=O) groups is 1. The summed E-state index contributed by atoms with van der Waals surface area (Å²) in [6.45, 7) is 1.96. The van der Waals surface area contributed by atoms with E-state index in [1.54, 1.807) is 43.3 Å². The molecule has 0 unspecified atom stereocenters. The minimum atomic E-state index is -0.532. The van der Waals surface area contributed by atoms with Gasteiger partial charge in [0.1, 0.15) is 5.56 Å². The zero-order valence-electron chi connectivity index (χ0n) is 13.8. The van der Waals surface area contributed by atoms with Crippen molar-refractivity contribution in [3.63, 3.8) is 0 Å². The van der Waals surface area contributed by atoms with Crippen molar-refractivity contribution in [3.8, 4) is 5.69 Å². The van der Waals surface area contributed by atoms with Crippen LogP contribution in [0, 0.1) is 0 Å². The Morgan fingerprint density at radius 2 is 1.88 bits per heavy atom. The van der Waals surface area contributed by atoms with E-state index in [0.717, 1.165) is 0 Å². The van der Waals surface area contributed by atoms with Crippen LogP contribution in [0.15, 0.2) is 59.5 Å². The molecule has 0 N–H and O–H groups in total. The molecule has 4 rings (SSSR count). The molecule has 0 fully saturated rings. The quantitative estimate of drug-likeness (QED) is 0.520. The second kappa shape index (κ2) is 6.31. The first kappa shape index (κ1) is 16.4. The van der Waals surface area contributed by atoms with Crippen molar-refractivity contribution in [2.45, 2.75) is 6.92 Å². The predicted molar refractivity (Wildman–Crippen MR) is 99.3 cm³/mol. The number of nitrogens with zero attached hydrogens (tertiary/aromatic N) is 3. The summed E-state index contributed by atoms with van der Waals surface area (Å²) in [5.74, 6) is -0.532. The average molecular weight is 368 g/mol. The standard InChI is InChI=1S/C19H14ClN3O3/c1-2-26-18(24)14-11-22(13-9-7-12(20)8-10-13)19(25)23-16-6-4-3-5-15(16)21-17(14)23/h3-11H,2H2,1H3. The summed E-state index contributed by atoms with van der Waals surface area (Å²) < 4.78 is 7.97. The molecule has 0 amide bonds. The molecule has 130 valence electrons. The van der Waals surface area contributed by atoms with Gasteiger partial charge in [-0.3, -0.25) is 4.57 Å². The van der Waals surface area contributed by atoms with Crippen LogP contribution in [0.3, 0.4) is 0 Å². The van der Waals surface area contributed by atoms with Crippen molar-refractivity contribution in [2.24, 2.45) is 0 Å². The van der Waals surface area contributed by atoms with Crippen molar-refractivity contribution in [3.05, 3.63) is 75.8 Å². The predicted octanol–water partition coefficient (Wildman–Crippen LogP) is 3.47. The van der Waals surface area contributed by atoms with Crippen molar-refractivity contribution in [1.82, 2.24) is 14.0 Å². The van der Waals surface area contributed by atoms with Gasteiger partial charge in [0.25, 0.3) is 0 Å². The average Bonchev–Trinajstić information content (AvgIpc) is 3.03. The Labute approximate surface area is 153 Å². The normalized spacial score (nSPS) is 11.2. The molecule has 2 aromatic carbocycles. The van der Waals surface area contributed by atoms with E-state index in [9.17, 15) is 9.59 Å². The Kier molecular flexibility index (Phi) is 3.97. The third-order valence-electron chi connectivity index (χ3n) is 4.06. The van der Waals surface area contributed by atoms with Gasteiger partial charge < -0.3 is 4.74 Å². The monoisotopic (exact) mass is 367 g/mol. The lowest BCUT2D eigenvalue weighted by molar-refractivity contribution is 0.0527. The Bertz CT molecular complexity index is 1190. The highest BCUT2D eigenvalue weighted by Crippen LogP contribution is 2.20. The van der Waals surface area contributed by atoms with Crippen LogP contribution < -0.4 is 5.69 Å². The van der Waals surface area contributed by atoms with Gasteiger partial charge >= 0.3 is 11.7 Å². The third kappa shape index (κ3) is 2.55. The Hall–Kier alpha value is -3.12. The van der Waals surface area contributed by atoms with Gasteiger partial charge in [-0.2, -0.15) is 0 Å². The van der Waals surface area contributed by atoms with Crippen LogP contribution in [0.1, 0.15) is 17.3 Å². The summed E-state index contributed by atoms with van der Waals surface area (Å²) in [7, 11) is 0. The van der Waals surface area contributed by atoms with E-state index in [2.05, 4.69) is 4.98 Å². The van der Waals surface area contributed by atoms with Crippen LogP contribution in [-0.4, -0.2) is 26.5 Å². The van der Waals surface area contributed by atoms with E-state index < -0.39 is 5.97 Å². The van der Waals surface area contributed by atoms with E-state index in [1.165, 1.54) is 15.2 Å². The number of fused-ring (bicyclic) bond motifs is 3. The first-order valence-electron chi connectivity index (χ1n) is 8.06. The molecule has 2 aromatic heterocycles. The fourth-order valence-electron chi connectivity index (χ4n) is 2.89. The number of ether oxygens (including phenoxy) is 1. The van der Waals surface area contributed by atoms with Crippen LogP contribution >= 0.6 is 11.6 Å². The summed E-state index contributed by atoms with van der Waals surface area (Å²) in [5, 5.41) is 0.557. The molecule has 7 heteroatoms. The van der Waals surface area contributed by atoms with Gasteiger partial charge in [0, 0.05) is 11.2 Å². The maximum Gasteiger partial charge on any atom is 0.343 e. The molecule has 0 aliphatic carbocycles. The Morgan fingerprint density at radius 3 is 2.62 bits per heavy atom. The second-order valence-electron chi connectivity index (χ2n) is 5.65. The molecule has 26 heavy (non-hydrogen) atoms. The number of halogens is 1. The highest BCUT2D eigenvalue weighted by Gasteiger charge is 2.20. The van der Waals surface area contributed by atoms with E-state index in [-0.39, 0.29) is 23.5 Å². The largest absolute Gasteiger partial charge is 0.462 e. The van der Waals surface area contributed by atoms with Gasteiger partial charge in [0.15, 0.2) is 5.65 Å². The lowest BCUT2D eigenvalue weighted by Crippen LogP contribution is -2.27. The molecule has 0 atom stereocenters. The molecular formula is C19H14ClN3O3. The first-order valence-corrected chi connectivity index (χ1v) is 8.44. The zero-order valence-corrected chi connectivity index (χ0v) is 14.6. The minimum absolute atomic E-state index is 0.220. The molecular weight excluding hydrogens is 354 g/mol. The fourth-order valence-corrected chi connectivity index (χ4v) is 3.02. The zero-order chi connectivity index (χ0) is 18.3. The number of esters is 1. The van der Waals surface area contributed by atoms with Gasteiger partial charge in [0.05, 0.1) is 23.3 Å². The summed E-state index contributed by atoms with van der Waals surface area (Å²) in [5.41, 5.74) is 2.01. The molecule has 0 aliphatic heterocycles. The summed E-state index contributed by atoms with van der Waals surface area (Å²) >= 11 is 5.94. The van der Waals surface area contributed by atoms with Crippen LogP contribution in [0.25, 0.3) is 22.4 Å². The number of para-hydroxylation sites is 2. The molecule has 0 spiro atoms. The second-order valence-corrected chi connectivity index (χ2v) is 6.09. The van der Waals surface area contributed by atoms with E-state index >= 15 is 0 Å². The van der Waals surface area contributed by atoms with Crippen LogP contribution in [0.5, 0.6) is 0 Å². The first-order chi connectivity index (χ1) is 12.6. The van der Waals surface area contributed by atoms with Crippen molar-refractivity contribution >= 4 is 34.3 Å². The van der Waals surface area contributed by atoms with Gasteiger partial charge in [0.2, 0.25) is 0 Å². The summed E-state index contributed by atoms with van der Waals surface area (Å²) in [6, 6.07) is 14.0. The number of carbonyl (C=O) groups excluding carboxylic acids is 1. The molecule has 0 aliphatic rings. The number of aromatic nitrogens is 3. The number of imidazole rings is 1. The van der Waals surface area contributed by atoms with Crippen LogP contribution in [0.4, 0.5) is 0 Å². The van der Waals surface area contributed by atoms with Crippen LogP contribution in [-0.2, 0) is 4.74 Å². The lowest BCUT2D eigenvalue weighted by Gasteiger charge is -2.10. The Morgan fingerprint density at radius 1 is 1.15 bits per heavy atom. The highest BCUT2D eigenvalue weighted by atomic mass is 35.5. The maximum absolute atomic E-state index is 13.1. The Balaban J connectivity index is 2.11. The van der Waals surface area contributed by atoms with E-state index in [4.69, 9.17) is 16.3 Å². The molecule has 0 saturated carbocycles. The summed E-state index contributed by atoms with van der Waals surface area (Å²) in [6.07, 6.45) is 1.46. The van der Waals surface area contributed by atoms with Crippen LogP contribution in [0.2, 0.25) is 5.02 Å². The molecule has 0 radical (unpaired) electrons. The fraction of sp³-hybridized carbons (Fsp3) is 0.105. The molecule has 2 heterocycles. The third-order valence-corrected chi connectivity index (χ3v) is 4.31. The van der Waals surface area contributed by atoms with Crippen molar-refractivity contribution < 1.29 is 9.53 Å². The van der Waals surface area contributed by atoms with E-state index in [1.807, 2.05) is 12.1 Å². The van der Waals surface area contributed by atoms with Gasteiger partial charge in [-0.05, 0) is 43.3 Å². The molecule has 0 bridgehead atoms. The van der Waals surface area contributed by atoms with Gasteiger partial charge in [-0.25, -0.2) is 19.0 Å². The van der Waals surface area contributed by atoms with Crippen molar-refractivity contribution in [2.75, 3.05) is 6.61 Å². The SMILES string of the molecule is CCOC(=O)c1cn(-c2ccc(Cl)cc2)c(=O)n2c1nc1ccccc12. The smallest absolute Gasteiger partial charge is 0.343 e. The number of benzene rings is 2. The minimum Gasteiger partial charge on any atom is -0.462 e. The van der Waals surface area contributed by atoms with E-state index in [0.29, 0.717) is 21.7 Å². The lowest BCUT2D eigenvalue weighted by atomic mass is 10.3. The van der Waals surface area contributed by atoms with Crippen molar-refractivity contribution in [1.29, 1.82) is 0 Å². The number of hydrogen-bond donors (Lipinski definition) is 0. The molecule has 6 nitrogen and oxygen atoms in total. The topological polar surface area (TPSA) is 65.6 Å². The molecule has 4 aromatic rings. The number of hydrogen-bond acceptors (Lipinski definition) is 4.